The minimum absolute atomic E-state index is 0.0376. The average molecular weight is 399 g/mol. The van der Waals surface area contributed by atoms with Crippen LogP contribution in [-0.2, 0) is 17.8 Å². The summed E-state index contributed by atoms with van der Waals surface area (Å²) in [6.45, 7) is 1.13. The Morgan fingerprint density at radius 2 is 2.22 bits per heavy atom. The van der Waals surface area contributed by atoms with Crippen LogP contribution in [0.3, 0.4) is 0 Å². The number of rotatable bonds is 7. The fourth-order valence-electron chi connectivity index (χ4n) is 2.76. The molecule has 0 saturated heterocycles. The first-order valence-electron chi connectivity index (χ1n) is 8.48. The molecule has 4 aromatic rings. The summed E-state index contributed by atoms with van der Waals surface area (Å²) in [6, 6.07) is 11.6. The fraction of sp³-hybridized carbons (Fsp3) is 0.211. The quantitative estimate of drug-likeness (QED) is 0.475. The van der Waals surface area contributed by atoms with Crippen molar-refractivity contribution >= 4 is 43.9 Å². The van der Waals surface area contributed by atoms with E-state index in [1.165, 1.54) is 11.3 Å². The number of hydrogen-bond acceptors (Lipinski definition) is 6. The monoisotopic (exact) mass is 398 g/mol. The first-order chi connectivity index (χ1) is 13.2. The zero-order valence-corrected chi connectivity index (χ0v) is 16.4. The van der Waals surface area contributed by atoms with Gasteiger partial charge in [-0.25, -0.2) is 4.98 Å². The lowest BCUT2D eigenvalue weighted by atomic mass is 10.3. The molecule has 3 aromatic heterocycles. The van der Waals surface area contributed by atoms with Gasteiger partial charge in [0.1, 0.15) is 5.75 Å². The van der Waals surface area contributed by atoms with Gasteiger partial charge in [0.15, 0.2) is 5.13 Å². The molecule has 138 valence electrons. The molecule has 4 rings (SSSR count). The van der Waals surface area contributed by atoms with E-state index < -0.39 is 0 Å². The van der Waals surface area contributed by atoms with E-state index in [0.29, 0.717) is 24.6 Å². The number of thiazole rings is 1. The van der Waals surface area contributed by atoms with Crippen molar-refractivity contribution in [2.24, 2.45) is 0 Å². The molecule has 3 heterocycles. The highest BCUT2D eigenvalue weighted by molar-refractivity contribution is 7.22. The molecule has 27 heavy (non-hydrogen) atoms. The number of ether oxygens (including phenoxy) is 1. The van der Waals surface area contributed by atoms with Crippen LogP contribution < -0.4 is 9.64 Å². The number of anilines is 1. The molecule has 6 nitrogen and oxygen atoms in total. The van der Waals surface area contributed by atoms with Gasteiger partial charge in [0.25, 0.3) is 0 Å². The smallest absolute Gasteiger partial charge is 0.234 e. The van der Waals surface area contributed by atoms with Crippen molar-refractivity contribution in [2.45, 2.75) is 13.0 Å². The van der Waals surface area contributed by atoms with Crippen molar-refractivity contribution in [2.75, 3.05) is 18.6 Å². The van der Waals surface area contributed by atoms with Crippen molar-refractivity contribution in [1.29, 1.82) is 0 Å². The first kappa shape index (κ1) is 17.7. The second-order valence-electron chi connectivity index (χ2n) is 5.90. The van der Waals surface area contributed by atoms with E-state index in [-0.39, 0.29) is 5.91 Å². The zero-order chi connectivity index (χ0) is 18.6. The minimum Gasteiger partial charge on any atom is -0.497 e. The lowest BCUT2D eigenvalue weighted by Crippen LogP contribution is -2.35. The zero-order valence-electron chi connectivity index (χ0n) is 14.7. The predicted molar refractivity (Wildman–Crippen MR) is 109 cm³/mol. The summed E-state index contributed by atoms with van der Waals surface area (Å²) in [4.78, 5) is 20.5. The van der Waals surface area contributed by atoms with Gasteiger partial charge in [-0.15, -0.1) is 11.3 Å². The van der Waals surface area contributed by atoms with E-state index in [4.69, 9.17) is 4.74 Å². The molecule has 0 unspecified atom stereocenters. The molecule has 0 radical (unpaired) electrons. The number of methoxy groups -OCH3 is 1. The molecular weight excluding hydrogens is 380 g/mol. The van der Waals surface area contributed by atoms with E-state index in [1.54, 1.807) is 29.5 Å². The van der Waals surface area contributed by atoms with E-state index in [0.717, 1.165) is 20.8 Å². The number of amides is 1. The van der Waals surface area contributed by atoms with Gasteiger partial charge in [0.2, 0.25) is 5.91 Å². The average Bonchev–Trinajstić information content (AvgIpc) is 3.43. The molecule has 0 N–H and O–H groups in total. The lowest BCUT2D eigenvalue weighted by molar-refractivity contribution is -0.118. The normalized spacial score (nSPS) is 11.0. The number of aromatic nitrogens is 3. The third-order valence-electron chi connectivity index (χ3n) is 4.13. The second-order valence-corrected chi connectivity index (χ2v) is 7.94. The van der Waals surface area contributed by atoms with Gasteiger partial charge in [-0.2, -0.15) is 5.10 Å². The van der Waals surface area contributed by atoms with E-state index in [2.05, 4.69) is 10.1 Å². The minimum atomic E-state index is 0.0376. The number of thiophene rings is 1. The summed E-state index contributed by atoms with van der Waals surface area (Å²) < 4.78 is 8.11. The Kier molecular flexibility index (Phi) is 5.17. The lowest BCUT2D eigenvalue weighted by Gasteiger charge is -2.19. The summed E-state index contributed by atoms with van der Waals surface area (Å²) in [5, 5.41) is 6.92. The highest BCUT2D eigenvalue weighted by Gasteiger charge is 2.20. The SMILES string of the molecule is COc1ccc2nc(N(CCn3cccn3)C(=O)Cc3cccs3)sc2c1. The Morgan fingerprint density at radius 3 is 2.96 bits per heavy atom. The van der Waals surface area contributed by atoms with Crippen LogP contribution in [-0.4, -0.2) is 34.3 Å². The Balaban J connectivity index is 1.62. The number of benzene rings is 1. The number of carbonyl (C=O) groups excluding carboxylic acids is 1. The third-order valence-corrected chi connectivity index (χ3v) is 6.05. The van der Waals surface area contributed by atoms with E-state index in [9.17, 15) is 4.79 Å². The number of fused-ring (bicyclic) bond motifs is 1. The number of hydrogen-bond donors (Lipinski definition) is 0. The highest BCUT2D eigenvalue weighted by atomic mass is 32.1. The molecule has 0 bridgehead atoms. The van der Waals surface area contributed by atoms with Crippen molar-refractivity contribution in [3.63, 3.8) is 0 Å². The Morgan fingerprint density at radius 1 is 1.30 bits per heavy atom. The molecule has 1 amide bonds. The van der Waals surface area contributed by atoms with Crippen LogP contribution in [0.1, 0.15) is 4.88 Å². The van der Waals surface area contributed by atoms with Gasteiger partial charge in [0.05, 0.1) is 30.3 Å². The van der Waals surface area contributed by atoms with Gasteiger partial charge < -0.3 is 4.74 Å². The van der Waals surface area contributed by atoms with Crippen LogP contribution in [0.4, 0.5) is 5.13 Å². The van der Waals surface area contributed by atoms with E-state index in [1.807, 2.05) is 52.7 Å². The Hall–Kier alpha value is -2.71. The molecule has 0 fully saturated rings. The highest BCUT2D eigenvalue weighted by Crippen LogP contribution is 2.32. The van der Waals surface area contributed by atoms with Crippen molar-refractivity contribution in [1.82, 2.24) is 14.8 Å². The van der Waals surface area contributed by atoms with Gasteiger partial charge in [0, 0.05) is 23.8 Å². The van der Waals surface area contributed by atoms with Gasteiger partial charge in [-0.3, -0.25) is 14.4 Å². The van der Waals surface area contributed by atoms with Gasteiger partial charge >= 0.3 is 0 Å². The molecule has 0 saturated carbocycles. The molecule has 1 aromatic carbocycles. The maximum atomic E-state index is 13.0. The topological polar surface area (TPSA) is 60.2 Å². The van der Waals surface area contributed by atoms with Gasteiger partial charge in [-0.1, -0.05) is 17.4 Å². The summed E-state index contributed by atoms with van der Waals surface area (Å²) in [6.07, 6.45) is 4.00. The molecule has 0 aliphatic heterocycles. The van der Waals surface area contributed by atoms with Crippen molar-refractivity contribution in [3.05, 3.63) is 59.0 Å². The third kappa shape index (κ3) is 4.01. The first-order valence-corrected chi connectivity index (χ1v) is 10.2. The molecule has 8 heteroatoms. The predicted octanol–water partition coefficient (Wildman–Crippen LogP) is 3.84. The van der Waals surface area contributed by atoms with Crippen LogP contribution in [0.5, 0.6) is 5.75 Å². The van der Waals surface area contributed by atoms with Gasteiger partial charge in [-0.05, 0) is 35.7 Å². The van der Waals surface area contributed by atoms with Crippen molar-refractivity contribution in [3.8, 4) is 5.75 Å². The molecule has 0 atom stereocenters. The Labute approximate surface area is 164 Å². The maximum Gasteiger partial charge on any atom is 0.234 e. The standard InChI is InChI=1S/C19H18N4O2S2/c1-25-14-5-6-16-17(12-14)27-19(21-16)23(10-9-22-8-3-7-20-22)18(24)13-15-4-2-11-26-15/h2-8,11-12H,9-10,13H2,1H3. The van der Waals surface area contributed by atoms with E-state index >= 15 is 0 Å². The summed E-state index contributed by atoms with van der Waals surface area (Å²) in [7, 11) is 1.64. The van der Waals surface area contributed by atoms with Crippen molar-refractivity contribution < 1.29 is 9.53 Å². The van der Waals surface area contributed by atoms with Crippen LogP contribution in [0, 0.1) is 0 Å². The van der Waals surface area contributed by atoms with Crippen LogP contribution in [0.25, 0.3) is 10.2 Å². The van der Waals surface area contributed by atoms with Crippen LogP contribution in [0.2, 0.25) is 0 Å². The fourth-order valence-corrected chi connectivity index (χ4v) is 4.49. The second kappa shape index (κ2) is 7.89. The number of nitrogens with zero attached hydrogens (tertiary/aromatic N) is 4. The molecular formula is C19H18N4O2S2. The molecule has 0 aliphatic carbocycles. The molecule has 0 spiro atoms. The maximum absolute atomic E-state index is 13.0. The largest absolute Gasteiger partial charge is 0.497 e. The summed E-state index contributed by atoms with van der Waals surface area (Å²) >= 11 is 3.09. The summed E-state index contributed by atoms with van der Waals surface area (Å²) in [5.41, 5.74) is 0.865. The van der Waals surface area contributed by atoms with Crippen LogP contribution in [0.15, 0.2) is 54.2 Å². The Bertz CT molecular complexity index is 1030. The van der Waals surface area contributed by atoms with Crippen LogP contribution >= 0.6 is 22.7 Å². The molecule has 0 aliphatic rings. The number of carbonyl (C=O) groups is 1. The summed E-state index contributed by atoms with van der Waals surface area (Å²) in [5.74, 6) is 0.821.